The summed E-state index contributed by atoms with van der Waals surface area (Å²) in [7, 11) is -2.41. The number of sulfone groups is 1. The topological polar surface area (TPSA) is 90.9 Å². The smallest absolute Gasteiger partial charge is 0.281 e. The van der Waals surface area contributed by atoms with E-state index in [1.54, 1.807) is 6.07 Å². The Morgan fingerprint density at radius 3 is 2.71 bits per heavy atom. The molecule has 1 saturated carbocycles. The van der Waals surface area contributed by atoms with Crippen molar-refractivity contribution in [2.45, 2.75) is 49.5 Å². The zero-order valence-corrected chi connectivity index (χ0v) is 14.0. The van der Waals surface area contributed by atoms with Crippen molar-refractivity contribution in [1.82, 2.24) is 20.2 Å². The van der Waals surface area contributed by atoms with Crippen molar-refractivity contribution in [3.63, 3.8) is 0 Å². The summed E-state index contributed by atoms with van der Waals surface area (Å²) >= 11 is 0. The molecule has 1 fully saturated rings. The van der Waals surface area contributed by atoms with E-state index >= 15 is 0 Å². The Morgan fingerprint density at radius 2 is 2.04 bits per heavy atom. The first kappa shape index (κ1) is 17.0. The van der Waals surface area contributed by atoms with Gasteiger partial charge in [0, 0.05) is 19.0 Å². The van der Waals surface area contributed by atoms with Gasteiger partial charge in [-0.15, -0.1) is 5.10 Å². The van der Waals surface area contributed by atoms with Crippen molar-refractivity contribution < 1.29 is 21.7 Å². The minimum atomic E-state index is -3.71. The van der Waals surface area contributed by atoms with Crippen molar-refractivity contribution in [3.8, 4) is 0 Å². The number of nitrogens with zero attached hydrogens (tertiary/aromatic N) is 4. The lowest BCUT2D eigenvalue weighted by Gasteiger charge is -2.03. The Kier molecular flexibility index (Phi) is 4.66. The van der Waals surface area contributed by atoms with Crippen LogP contribution in [-0.4, -0.2) is 28.6 Å². The molecule has 2 aromatic rings. The van der Waals surface area contributed by atoms with Crippen LogP contribution in [-0.2, 0) is 28.4 Å². The van der Waals surface area contributed by atoms with Gasteiger partial charge < -0.3 is 4.52 Å². The molecular weight excluding hydrogens is 342 g/mol. The molecule has 0 N–H and O–H groups in total. The molecule has 0 aromatic carbocycles. The highest BCUT2D eigenvalue weighted by atomic mass is 32.2. The molecule has 0 amide bonds. The number of alkyl halides is 2. The zero-order chi connectivity index (χ0) is 17.3. The van der Waals surface area contributed by atoms with Crippen LogP contribution in [0.3, 0.4) is 0 Å². The van der Waals surface area contributed by atoms with Gasteiger partial charge in [-0.1, -0.05) is 23.2 Å². The quantitative estimate of drug-likeness (QED) is 0.786. The van der Waals surface area contributed by atoms with Gasteiger partial charge in [-0.2, -0.15) is 0 Å². The molecule has 0 unspecified atom stereocenters. The maximum absolute atomic E-state index is 13.0. The van der Waals surface area contributed by atoms with Crippen molar-refractivity contribution in [2.75, 3.05) is 0 Å². The van der Waals surface area contributed by atoms with Gasteiger partial charge in [0.05, 0.1) is 17.2 Å². The first-order chi connectivity index (χ1) is 11.4. The summed E-state index contributed by atoms with van der Waals surface area (Å²) < 4.78 is 56.7. The van der Waals surface area contributed by atoms with E-state index in [1.165, 1.54) is 7.05 Å². The zero-order valence-electron chi connectivity index (χ0n) is 13.2. The minimum Gasteiger partial charge on any atom is -0.361 e. The number of rotatable bonds is 6. The van der Waals surface area contributed by atoms with Crippen LogP contribution in [0.5, 0.6) is 0 Å². The lowest BCUT2D eigenvalue weighted by molar-refractivity contribution is 0.140. The van der Waals surface area contributed by atoms with E-state index in [1.807, 2.05) is 0 Å². The van der Waals surface area contributed by atoms with Crippen LogP contribution in [0, 0.1) is 0 Å². The Morgan fingerprint density at radius 1 is 1.33 bits per heavy atom. The molecule has 0 bridgehead atoms. The van der Waals surface area contributed by atoms with Gasteiger partial charge in [0.2, 0.25) is 0 Å². The molecule has 0 radical (unpaired) electrons. The molecule has 0 spiro atoms. The third-order valence-corrected chi connectivity index (χ3v) is 5.66. The number of hydrogen-bond acceptors (Lipinski definition) is 6. The summed E-state index contributed by atoms with van der Waals surface area (Å²) in [6, 6.07) is 1.65. The van der Waals surface area contributed by atoms with Crippen LogP contribution in [0.15, 0.2) is 10.6 Å². The fourth-order valence-electron chi connectivity index (χ4n) is 3.06. The van der Waals surface area contributed by atoms with Crippen molar-refractivity contribution in [1.29, 1.82) is 0 Å². The van der Waals surface area contributed by atoms with Gasteiger partial charge in [0.15, 0.2) is 9.84 Å². The van der Waals surface area contributed by atoms with E-state index in [2.05, 4.69) is 15.5 Å². The molecule has 0 atom stereocenters. The Bertz CT molecular complexity index is 810. The molecule has 132 valence electrons. The maximum atomic E-state index is 13.0. The largest absolute Gasteiger partial charge is 0.361 e. The van der Waals surface area contributed by atoms with Crippen LogP contribution >= 0.6 is 0 Å². The third-order valence-electron chi connectivity index (χ3n) is 4.21. The summed E-state index contributed by atoms with van der Waals surface area (Å²) in [6.45, 7) is 0. The molecule has 0 aliphatic heterocycles. The highest BCUT2D eigenvalue weighted by Gasteiger charge is 2.27. The fraction of sp³-hybridized carbons (Fsp3) is 0.643. The summed E-state index contributed by atoms with van der Waals surface area (Å²) in [5.74, 6) is 0.0130. The van der Waals surface area contributed by atoms with E-state index < -0.39 is 27.7 Å². The van der Waals surface area contributed by atoms with Crippen molar-refractivity contribution >= 4 is 9.84 Å². The summed E-state index contributed by atoms with van der Waals surface area (Å²) in [6.07, 6.45) is 1.44. The lowest BCUT2D eigenvalue weighted by atomic mass is 10.1. The molecule has 10 heteroatoms. The predicted molar refractivity (Wildman–Crippen MR) is 80.0 cm³/mol. The first-order valence-electron chi connectivity index (χ1n) is 7.68. The first-order valence-corrected chi connectivity index (χ1v) is 9.50. The van der Waals surface area contributed by atoms with E-state index in [-0.39, 0.29) is 11.4 Å². The average Bonchev–Trinajstić information content (AvgIpc) is 3.18. The standard InChI is InChI=1S/C14H18F2N4O3S/c1-20-13(14(15)16)11(17-19-20)8-24(21,22)7-10-6-12(23-18-10)9-4-2-3-5-9/h6,9,14H,2-5,7-8H2,1H3. The maximum Gasteiger partial charge on any atom is 0.281 e. The summed E-state index contributed by atoms with van der Waals surface area (Å²) in [4.78, 5) is 0. The van der Waals surface area contributed by atoms with Crippen molar-refractivity contribution in [2.24, 2.45) is 7.05 Å². The Balaban J connectivity index is 1.72. The van der Waals surface area contributed by atoms with E-state index in [0.717, 1.165) is 30.4 Å². The summed E-state index contributed by atoms with van der Waals surface area (Å²) in [5.41, 5.74) is -0.420. The van der Waals surface area contributed by atoms with Crippen LogP contribution in [0.2, 0.25) is 0 Å². The second-order valence-electron chi connectivity index (χ2n) is 6.08. The predicted octanol–water partition coefficient (Wildman–Crippen LogP) is 2.51. The molecule has 2 heterocycles. The third kappa shape index (κ3) is 3.63. The monoisotopic (exact) mass is 360 g/mol. The second-order valence-corrected chi connectivity index (χ2v) is 8.14. The second kappa shape index (κ2) is 6.58. The van der Waals surface area contributed by atoms with Crippen LogP contribution < -0.4 is 0 Å². The number of aryl methyl sites for hydroxylation is 1. The molecule has 3 rings (SSSR count). The Labute approximate surface area is 137 Å². The van der Waals surface area contributed by atoms with E-state index in [4.69, 9.17) is 4.52 Å². The molecule has 7 nitrogen and oxygen atoms in total. The van der Waals surface area contributed by atoms with Gasteiger partial charge >= 0.3 is 0 Å². The molecule has 1 aliphatic carbocycles. The van der Waals surface area contributed by atoms with Gasteiger partial charge in [-0.3, -0.25) is 0 Å². The van der Waals surface area contributed by atoms with Gasteiger partial charge in [0.25, 0.3) is 6.43 Å². The van der Waals surface area contributed by atoms with Gasteiger partial charge in [-0.05, 0) is 12.8 Å². The minimum absolute atomic E-state index is 0.230. The highest BCUT2D eigenvalue weighted by molar-refractivity contribution is 7.89. The van der Waals surface area contributed by atoms with Crippen molar-refractivity contribution in [3.05, 3.63) is 28.9 Å². The van der Waals surface area contributed by atoms with Gasteiger partial charge in [0.1, 0.15) is 17.1 Å². The molecule has 2 aromatic heterocycles. The molecule has 1 aliphatic rings. The normalized spacial score (nSPS) is 16.3. The number of halogens is 2. The SMILES string of the molecule is Cn1nnc(CS(=O)(=O)Cc2cc(C3CCCC3)on2)c1C(F)F. The summed E-state index contributed by atoms with van der Waals surface area (Å²) in [5, 5.41) is 10.8. The van der Waals surface area contributed by atoms with Crippen LogP contribution in [0.25, 0.3) is 0 Å². The van der Waals surface area contributed by atoms with E-state index in [9.17, 15) is 17.2 Å². The molecule has 24 heavy (non-hydrogen) atoms. The fourth-order valence-corrected chi connectivity index (χ4v) is 4.37. The number of hydrogen-bond donors (Lipinski definition) is 0. The van der Waals surface area contributed by atoms with Gasteiger partial charge in [-0.25, -0.2) is 21.9 Å². The number of aromatic nitrogens is 4. The lowest BCUT2D eigenvalue weighted by Crippen LogP contribution is -2.10. The highest BCUT2D eigenvalue weighted by Crippen LogP contribution is 2.34. The van der Waals surface area contributed by atoms with Crippen LogP contribution in [0.4, 0.5) is 8.78 Å². The van der Waals surface area contributed by atoms with E-state index in [0.29, 0.717) is 17.4 Å². The average molecular weight is 360 g/mol. The Hall–Kier alpha value is -1.84. The molecular formula is C14H18F2N4O3S. The molecule has 0 saturated heterocycles. The van der Waals surface area contributed by atoms with Crippen LogP contribution in [0.1, 0.15) is 60.9 Å².